The molecule has 5 nitrogen and oxygen atoms in total. The zero-order chi connectivity index (χ0) is 20.3. The summed E-state index contributed by atoms with van der Waals surface area (Å²) in [7, 11) is 0. The lowest BCUT2D eigenvalue weighted by molar-refractivity contribution is 0.456. The Kier molecular flexibility index (Phi) is 4.54. The van der Waals surface area contributed by atoms with Gasteiger partial charge in [0.2, 0.25) is 0 Å². The highest BCUT2D eigenvalue weighted by atomic mass is 16.3. The van der Waals surface area contributed by atoms with Crippen LogP contribution in [0.3, 0.4) is 0 Å². The summed E-state index contributed by atoms with van der Waals surface area (Å²) in [5.74, 6) is 0.142. The van der Waals surface area contributed by atoms with Gasteiger partial charge in [-0.3, -0.25) is 4.98 Å². The fourth-order valence-electron chi connectivity index (χ4n) is 3.39. The van der Waals surface area contributed by atoms with Gasteiger partial charge in [0.05, 0.1) is 11.4 Å². The quantitative estimate of drug-likeness (QED) is 0.537. The molecule has 4 aromatic rings. The van der Waals surface area contributed by atoms with Crippen LogP contribution in [0.4, 0.5) is 5.69 Å². The molecule has 0 saturated carbocycles. The normalized spacial score (nSPS) is 13.3. The summed E-state index contributed by atoms with van der Waals surface area (Å²) < 4.78 is 0. The van der Waals surface area contributed by atoms with Crippen LogP contribution in [-0.2, 0) is 0 Å². The van der Waals surface area contributed by atoms with Crippen LogP contribution in [0.25, 0.3) is 29.1 Å². The van der Waals surface area contributed by atoms with E-state index in [1.807, 2.05) is 85.0 Å². The Morgan fingerprint density at radius 2 is 1.67 bits per heavy atom. The van der Waals surface area contributed by atoms with Gasteiger partial charge in [-0.05, 0) is 58.8 Å². The lowest BCUT2D eigenvalue weighted by Crippen LogP contribution is -2.08. The number of aromatic hydroxyl groups is 1. The second kappa shape index (κ2) is 7.64. The summed E-state index contributed by atoms with van der Waals surface area (Å²) in [6, 6.07) is 21.7. The van der Waals surface area contributed by atoms with Gasteiger partial charge < -0.3 is 10.1 Å². The van der Waals surface area contributed by atoms with E-state index in [4.69, 9.17) is 0 Å². The van der Waals surface area contributed by atoms with Crippen molar-refractivity contribution in [2.45, 2.75) is 0 Å². The van der Waals surface area contributed by atoms with Crippen molar-refractivity contribution in [1.29, 1.82) is 0 Å². The minimum atomic E-state index is 0.142. The maximum absolute atomic E-state index is 10.3. The van der Waals surface area contributed by atoms with Gasteiger partial charge in [-0.1, -0.05) is 42.5 Å². The Morgan fingerprint density at radius 1 is 0.833 bits per heavy atom. The second-order valence-corrected chi connectivity index (χ2v) is 6.97. The summed E-state index contributed by atoms with van der Waals surface area (Å²) in [5, 5.41) is 20.9. The fraction of sp³-hybridized carbons (Fsp3) is 0. The van der Waals surface area contributed by atoms with E-state index in [-0.39, 0.29) is 5.88 Å². The predicted molar refractivity (Wildman–Crippen MR) is 118 cm³/mol. The molecule has 2 N–H and O–H groups in total. The standard InChI is InChI=1S/C25H18N4O/c30-25-20(16-23(27-25)19-4-2-1-3-5-19)14-18-6-8-21-22(28-29-24(21)15-18)9-7-17-10-12-26-13-11-17/h1-16,27,30H/b9-7+,18-14?. The molecular weight excluding hydrogens is 372 g/mol. The summed E-state index contributed by atoms with van der Waals surface area (Å²) in [6.07, 6.45) is 9.40. The zero-order valence-electron chi connectivity index (χ0n) is 16.0. The highest BCUT2D eigenvalue weighted by Gasteiger charge is 2.08. The number of azo groups is 1. The number of H-pyrrole nitrogens is 1. The maximum atomic E-state index is 10.3. The van der Waals surface area contributed by atoms with Gasteiger partial charge in [-0.15, -0.1) is 10.2 Å². The maximum Gasteiger partial charge on any atom is 0.196 e. The molecule has 2 aromatic heterocycles. The number of nitrogens with one attached hydrogen (secondary N) is 1. The van der Waals surface area contributed by atoms with Gasteiger partial charge in [0.15, 0.2) is 5.88 Å². The van der Waals surface area contributed by atoms with Crippen molar-refractivity contribution in [1.82, 2.24) is 9.97 Å². The molecular formula is C25H18N4O. The van der Waals surface area contributed by atoms with E-state index in [0.29, 0.717) is 0 Å². The molecule has 0 spiro atoms. The number of nitrogens with zero attached hydrogens (tertiary/aromatic N) is 3. The van der Waals surface area contributed by atoms with Crippen LogP contribution in [0.15, 0.2) is 95.4 Å². The molecule has 5 rings (SSSR count). The van der Waals surface area contributed by atoms with E-state index < -0.39 is 0 Å². The molecule has 0 unspecified atom stereocenters. The Hall–Kier alpha value is -4.25. The van der Waals surface area contributed by atoms with Crippen LogP contribution in [0, 0.1) is 0 Å². The second-order valence-electron chi connectivity index (χ2n) is 6.97. The van der Waals surface area contributed by atoms with E-state index in [9.17, 15) is 5.11 Å². The lowest BCUT2D eigenvalue weighted by atomic mass is 10.1. The van der Waals surface area contributed by atoms with E-state index in [1.54, 1.807) is 12.4 Å². The predicted octanol–water partition coefficient (Wildman–Crippen LogP) is 4.53. The number of benzene rings is 2. The minimum Gasteiger partial charge on any atom is -0.494 e. The van der Waals surface area contributed by atoms with Crippen molar-refractivity contribution in [2.24, 2.45) is 10.2 Å². The number of fused-ring (bicyclic) bond motifs is 1. The number of pyridine rings is 1. The van der Waals surface area contributed by atoms with Crippen molar-refractivity contribution in [3.8, 4) is 17.1 Å². The van der Waals surface area contributed by atoms with Crippen molar-refractivity contribution in [3.63, 3.8) is 0 Å². The molecule has 2 aromatic carbocycles. The average molecular weight is 390 g/mol. The molecule has 0 fully saturated rings. The fourth-order valence-corrected chi connectivity index (χ4v) is 3.39. The zero-order valence-corrected chi connectivity index (χ0v) is 16.0. The number of rotatable bonds is 4. The lowest BCUT2D eigenvalue weighted by Gasteiger charge is -1.94. The third kappa shape index (κ3) is 3.56. The van der Waals surface area contributed by atoms with E-state index in [0.717, 1.165) is 44.2 Å². The molecule has 0 aliphatic carbocycles. The molecule has 5 heteroatoms. The molecule has 30 heavy (non-hydrogen) atoms. The largest absolute Gasteiger partial charge is 0.494 e. The molecule has 1 aliphatic heterocycles. The summed E-state index contributed by atoms with van der Waals surface area (Å²) in [4.78, 5) is 7.06. The number of aromatic nitrogens is 2. The van der Waals surface area contributed by atoms with E-state index in [1.165, 1.54) is 0 Å². The average Bonchev–Trinajstić information content (AvgIpc) is 3.36. The third-order valence-corrected chi connectivity index (χ3v) is 4.94. The van der Waals surface area contributed by atoms with Crippen LogP contribution in [0.1, 0.15) is 11.1 Å². The monoisotopic (exact) mass is 390 g/mol. The molecule has 0 amide bonds. The minimum absolute atomic E-state index is 0.142. The van der Waals surface area contributed by atoms with E-state index in [2.05, 4.69) is 20.2 Å². The first-order chi connectivity index (χ1) is 14.8. The highest BCUT2D eigenvalue weighted by Crippen LogP contribution is 2.26. The topological polar surface area (TPSA) is 73.6 Å². The first-order valence-corrected chi connectivity index (χ1v) is 9.60. The van der Waals surface area contributed by atoms with Crippen molar-refractivity contribution in [2.75, 3.05) is 0 Å². The van der Waals surface area contributed by atoms with Crippen LogP contribution in [0.5, 0.6) is 5.88 Å². The highest BCUT2D eigenvalue weighted by molar-refractivity contribution is 5.72. The van der Waals surface area contributed by atoms with Gasteiger partial charge in [-0.2, -0.15) is 0 Å². The Labute approximate surface area is 173 Å². The molecule has 0 atom stereocenters. The number of hydrogen-bond acceptors (Lipinski definition) is 4. The van der Waals surface area contributed by atoms with Crippen molar-refractivity contribution < 1.29 is 5.11 Å². The van der Waals surface area contributed by atoms with Crippen molar-refractivity contribution >= 4 is 23.5 Å². The van der Waals surface area contributed by atoms with Gasteiger partial charge >= 0.3 is 0 Å². The SMILES string of the molecule is Oc1[nH]c(-c2ccccc2)cc1C=c1ccc2c(c1)N=NC=2/C=C/c1ccncc1. The molecule has 3 heterocycles. The molecule has 0 saturated heterocycles. The molecule has 0 bridgehead atoms. The van der Waals surface area contributed by atoms with Gasteiger partial charge in [0.1, 0.15) is 0 Å². The van der Waals surface area contributed by atoms with Crippen LogP contribution in [-0.4, -0.2) is 15.1 Å². The van der Waals surface area contributed by atoms with Crippen molar-refractivity contribution in [3.05, 3.63) is 107 Å². The third-order valence-electron chi connectivity index (χ3n) is 4.94. The Morgan fingerprint density at radius 3 is 2.50 bits per heavy atom. The smallest absolute Gasteiger partial charge is 0.196 e. The van der Waals surface area contributed by atoms with E-state index >= 15 is 0 Å². The summed E-state index contributed by atoms with van der Waals surface area (Å²) >= 11 is 0. The first-order valence-electron chi connectivity index (χ1n) is 9.60. The Balaban J connectivity index is 1.48. The van der Waals surface area contributed by atoms with Crippen LogP contribution < -0.4 is 10.4 Å². The molecule has 144 valence electrons. The van der Waals surface area contributed by atoms with Crippen LogP contribution in [0.2, 0.25) is 0 Å². The molecule has 0 radical (unpaired) electrons. The number of aromatic amines is 1. The van der Waals surface area contributed by atoms with Gasteiger partial charge in [0.25, 0.3) is 0 Å². The van der Waals surface area contributed by atoms with Crippen LogP contribution >= 0.6 is 0 Å². The molecule has 1 aliphatic rings. The Bertz CT molecular complexity index is 1380. The summed E-state index contributed by atoms with van der Waals surface area (Å²) in [5.41, 5.74) is 5.32. The van der Waals surface area contributed by atoms with Gasteiger partial charge in [-0.25, -0.2) is 0 Å². The summed E-state index contributed by atoms with van der Waals surface area (Å²) in [6.45, 7) is 0. The van der Waals surface area contributed by atoms with Gasteiger partial charge in [0, 0.05) is 28.9 Å². The number of hydrogen-bond donors (Lipinski definition) is 2. The first kappa shape index (κ1) is 17.8.